The minimum Gasteiger partial charge on any atom is -0.389 e. The SMILES string of the molecule is CS(=O)CCCNCC(O)COCc1ccccc1. The van der Waals surface area contributed by atoms with Crippen LogP contribution in [-0.2, 0) is 22.1 Å². The van der Waals surface area contributed by atoms with Crippen molar-refractivity contribution in [2.24, 2.45) is 0 Å². The van der Waals surface area contributed by atoms with Gasteiger partial charge in [-0.2, -0.15) is 0 Å². The molecule has 0 fully saturated rings. The van der Waals surface area contributed by atoms with Crippen molar-refractivity contribution in [2.75, 3.05) is 31.7 Å². The average molecular weight is 285 g/mol. The van der Waals surface area contributed by atoms with Gasteiger partial charge in [0.2, 0.25) is 0 Å². The normalized spacial score (nSPS) is 14.2. The second-order valence-electron chi connectivity index (χ2n) is 4.49. The van der Waals surface area contributed by atoms with E-state index in [2.05, 4.69) is 5.32 Å². The quantitative estimate of drug-likeness (QED) is 0.628. The molecule has 2 unspecified atom stereocenters. The molecule has 4 nitrogen and oxygen atoms in total. The first kappa shape index (κ1) is 16.3. The monoisotopic (exact) mass is 285 g/mol. The van der Waals surface area contributed by atoms with Crippen LogP contribution in [0.2, 0.25) is 0 Å². The largest absolute Gasteiger partial charge is 0.389 e. The third kappa shape index (κ3) is 8.88. The number of benzene rings is 1. The molecule has 0 aliphatic rings. The number of hydrogen-bond acceptors (Lipinski definition) is 4. The summed E-state index contributed by atoms with van der Waals surface area (Å²) in [6.45, 7) is 2.12. The molecule has 5 heteroatoms. The molecule has 0 spiro atoms. The van der Waals surface area contributed by atoms with Crippen LogP contribution in [0.4, 0.5) is 0 Å². The molecule has 0 aliphatic heterocycles. The number of hydrogen-bond donors (Lipinski definition) is 2. The Morgan fingerprint density at radius 1 is 1.37 bits per heavy atom. The molecule has 0 aromatic heterocycles. The maximum atomic E-state index is 10.8. The fourth-order valence-corrected chi connectivity index (χ4v) is 2.17. The predicted molar refractivity (Wildman–Crippen MR) is 78.5 cm³/mol. The Morgan fingerprint density at radius 2 is 2.11 bits per heavy atom. The van der Waals surface area contributed by atoms with E-state index >= 15 is 0 Å². The summed E-state index contributed by atoms with van der Waals surface area (Å²) in [7, 11) is -0.733. The molecular formula is C14H23NO3S. The fourth-order valence-electron chi connectivity index (χ4n) is 1.62. The van der Waals surface area contributed by atoms with Crippen LogP contribution in [0.5, 0.6) is 0 Å². The summed E-state index contributed by atoms with van der Waals surface area (Å²) < 4.78 is 16.3. The van der Waals surface area contributed by atoms with Gasteiger partial charge in [-0.25, -0.2) is 0 Å². The molecule has 108 valence electrons. The molecule has 1 rings (SSSR count). The van der Waals surface area contributed by atoms with Gasteiger partial charge in [0.25, 0.3) is 0 Å². The predicted octanol–water partition coefficient (Wildman–Crippen LogP) is 0.922. The van der Waals surface area contributed by atoms with Crippen LogP contribution in [0.25, 0.3) is 0 Å². The lowest BCUT2D eigenvalue weighted by molar-refractivity contribution is 0.0290. The van der Waals surface area contributed by atoms with Crippen LogP contribution < -0.4 is 5.32 Å². The molecule has 0 aliphatic carbocycles. The van der Waals surface area contributed by atoms with Gasteiger partial charge in [-0.3, -0.25) is 4.21 Å². The number of aliphatic hydroxyl groups excluding tert-OH is 1. The lowest BCUT2D eigenvalue weighted by Gasteiger charge is -2.12. The third-order valence-electron chi connectivity index (χ3n) is 2.59. The van der Waals surface area contributed by atoms with Gasteiger partial charge >= 0.3 is 0 Å². The second kappa shape index (κ2) is 10.1. The number of nitrogens with one attached hydrogen (secondary N) is 1. The first-order chi connectivity index (χ1) is 9.18. The fraction of sp³-hybridized carbons (Fsp3) is 0.571. The van der Waals surface area contributed by atoms with Crippen LogP contribution in [0.3, 0.4) is 0 Å². The van der Waals surface area contributed by atoms with Crippen molar-refractivity contribution >= 4 is 10.8 Å². The molecule has 0 bridgehead atoms. The summed E-state index contributed by atoms with van der Waals surface area (Å²) in [5.74, 6) is 0.702. The molecule has 19 heavy (non-hydrogen) atoms. The van der Waals surface area contributed by atoms with Crippen molar-refractivity contribution in [3.63, 3.8) is 0 Å². The zero-order valence-corrected chi connectivity index (χ0v) is 12.2. The molecule has 1 aromatic carbocycles. The Bertz CT molecular complexity index is 359. The number of rotatable bonds is 10. The van der Waals surface area contributed by atoms with Gasteiger partial charge < -0.3 is 15.2 Å². The molecule has 0 radical (unpaired) electrons. The van der Waals surface area contributed by atoms with E-state index in [0.29, 0.717) is 25.5 Å². The van der Waals surface area contributed by atoms with E-state index in [1.807, 2.05) is 30.3 Å². The van der Waals surface area contributed by atoms with E-state index in [4.69, 9.17) is 4.74 Å². The zero-order valence-electron chi connectivity index (χ0n) is 11.4. The topological polar surface area (TPSA) is 58.6 Å². The van der Waals surface area contributed by atoms with Crippen molar-refractivity contribution in [1.82, 2.24) is 5.32 Å². The van der Waals surface area contributed by atoms with Crippen LogP contribution in [0.15, 0.2) is 30.3 Å². The highest BCUT2D eigenvalue weighted by Crippen LogP contribution is 2.00. The molecule has 2 N–H and O–H groups in total. The lowest BCUT2D eigenvalue weighted by atomic mass is 10.2. The van der Waals surface area contributed by atoms with Gasteiger partial charge in [-0.1, -0.05) is 30.3 Å². The van der Waals surface area contributed by atoms with Gasteiger partial charge in [-0.05, 0) is 18.5 Å². The highest BCUT2D eigenvalue weighted by Gasteiger charge is 2.03. The van der Waals surface area contributed by atoms with Crippen molar-refractivity contribution in [1.29, 1.82) is 0 Å². The summed E-state index contributed by atoms with van der Waals surface area (Å²) >= 11 is 0. The lowest BCUT2D eigenvalue weighted by Crippen LogP contribution is -2.31. The minimum atomic E-state index is -0.733. The van der Waals surface area contributed by atoms with E-state index in [1.54, 1.807) is 6.26 Å². The van der Waals surface area contributed by atoms with Crippen molar-refractivity contribution < 1.29 is 14.1 Å². The second-order valence-corrected chi connectivity index (χ2v) is 6.04. The summed E-state index contributed by atoms with van der Waals surface area (Å²) in [5.41, 5.74) is 1.10. The van der Waals surface area contributed by atoms with Crippen molar-refractivity contribution in [2.45, 2.75) is 19.1 Å². The summed E-state index contributed by atoms with van der Waals surface area (Å²) in [6, 6.07) is 9.89. The first-order valence-electron chi connectivity index (χ1n) is 6.49. The number of ether oxygens (including phenoxy) is 1. The smallest absolute Gasteiger partial charge is 0.0897 e. The third-order valence-corrected chi connectivity index (χ3v) is 3.45. The van der Waals surface area contributed by atoms with Crippen molar-refractivity contribution in [3.05, 3.63) is 35.9 Å². The van der Waals surface area contributed by atoms with Crippen molar-refractivity contribution in [3.8, 4) is 0 Å². The summed E-state index contributed by atoms with van der Waals surface area (Å²) in [5, 5.41) is 12.8. The maximum absolute atomic E-state index is 10.8. The Morgan fingerprint density at radius 3 is 2.79 bits per heavy atom. The van der Waals surface area contributed by atoms with Gasteiger partial charge in [0.15, 0.2) is 0 Å². The highest BCUT2D eigenvalue weighted by atomic mass is 32.2. The van der Waals surface area contributed by atoms with E-state index < -0.39 is 16.9 Å². The minimum absolute atomic E-state index is 0.321. The van der Waals surface area contributed by atoms with Gasteiger partial charge in [0.05, 0.1) is 19.3 Å². The molecule has 0 heterocycles. The summed E-state index contributed by atoms with van der Waals surface area (Å²) in [6.07, 6.45) is 2.06. The van der Waals surface area contributed by atoms with Gasteiger partial charge in [0, 0.05) is 29.4 Å². The van der Waals surface area contributed by atoms with Crippen LogP contribution in [-0.4, -0.2) is 47.1 Å². The Hall–Kier alpha value is -0.750. The van der Waals surface area contributed by atoms with E-state index in [9.17, 15) is 9.32 Å². The standard InChI is InChI=1S/C14H23NO3S/c1-19(17)9-5-8-15-10-14(16)12-18-11-13-6-3-2-4-7-13/h2-4,6-7,14-16H,5,8-12H2,1H3. The van der Waals surface area contributed by atoms with Crippen LogP contribution >= 0.6 is 0 Å². The first-order valence-corrected chi connectivity index (χ1v) is 8.21. The molecule has 1 aromatic rings. The molecule has 0 amide bonds. The Kier molecular flexibility index (Phi) is 8.66. The van der Waals surface area contributed by atoms with Crippen LogP contribution in [0.1, 0.15) is 12.0 Å². The molecule has 2 atom stereocenters. The van der Waals surface area contributed by atoms with E-state index in [1.165, 1.54) is 0 Å². The van der Waals surface area contributed by atoms with Gasteiger partial charge in [-0.15, -0.1) is 0 Å². The average Bonchev–Trinajstić information content (AvgIpc) is 2.39. The molecule has 0 saturated heterocycles. The summed E-state index contributed by atoms with van der Waals surface area (Å²) in [4.78, 5) is 0. The van der Waals surface area contributed by atoms with E-state index in [0.717, 1.165) is 18.5 Å². The Balaban J connectivity index is 1.99. The van der Waals surface area contributed by atoms with Gasteiger partial charge in [0.1, 0.15) is 0 Å². The van der Waals surface area contributed by atoms with Crippen LogP contribution in [0, 0.1) is 0 Å². The van der Waals surface area contributed by atoms with E-state index in [-0.39, 0.29) is 0 Å². The maximum Gasteiger partial charge on any atom is 0.0897 e. The highest BCUT2D eigenvalue weighted by molar-refractivity contribution is 7.84. The Labute approximate surface area is 117 Å². The molecular weight excluding hydrogens is 262 g/mol. The number of aliphatic hydroxyl groups is 1. The zero-order chi connectivity index (χ0) is 13.9. The molecule has 0 saturated carbocycles.